The molecule has 0 saturated carbocycles. The van der Waals surface area contributed by atoms with Gasteiger partial charge in [0.25, 0.3) is 0 Å². The maximum absolute atomic E-state index is 9.10. The van der Waals surface area contributed by atoms with E-state index in [2.05, 4.69) is 21.6 Å². The number of anilines is 2. The monoisotopic (exact) mass is 230 g/mol. The Bertz CT molecular complexity index is 540. The first-order valence-corrected chi connectivity index (χ1v) is 5.70. The van der Waals surface area contributed by atoms with Crippen LogP contribution in [0.4, 0.5) is 11.5 Å². The van der Waals surface area contributed by atoms with Gasteiger partial charge >= 0.3 is 0 Å². The van der Waals surface area contributed by atoms with Crippen LogP contribution in [-0.2, 0) is 0 Å². The van der Waals surface area contributed by atoms with E-state index >= 15 is 0 Å². The Labute approximate surface area is 97.6 Å². The molecule has 0 aliphatic heterocycles. The third kappa shape index (κ3) is 1.88. The third-order valence-electron chi connectivity index (χ3n) is 2.35. The summed E-state index contributed by atoms with van der Waals surface area (Å²) in [7, 11) is 0. The summed E-state index contributed by atoms with van der Waals surface area (Å²) >= 11 is 1.59. The summed E-state index contributed by atoms with van der Waals surface area (Å²) in [4.78, 5) is 0. The molecule has 0 fully saturated rings. The normalized spacial score (nSPS) is 9.81. The van der Waals surface area contributed by atoms with Crippen LogP contribution >= 0.6 is 11.3 Å². The van der Waals surface area contributed by atoms with E-state index in [1.165, 1.54) is 0 Å². The van der Waals surface area contributed by atoms with E-state index in [1.54, 1.807) is 11.3 Å². The fourth-order valence-electron chi connectivity index (χ4n) is 1.31. The number of aromatic nitrogens is 2. The minimum absolute atomic E-state index is 0.518. The fourth-order valence-corrected chi connectivity index (χ4v) is 1.89. The lowest BCUT2D eigenvalue weighted by molar-refractivity contribution is 0.961. The van der Waals surface area contributed by atoms with Gasteiger partial charge in [0, 0.05) is 5.38 Å². The van der Waals surface area contributed by atoms with Gasteiger partial charge in [0.2, 0.25) is 0 Å². The second kappa shape index (κ2) is 4.29. The zero-order valence-corrected chi connectivity index (χ0v) is 9.80. The minimum atomic E-state index is 0.518. The fraction of sp³-hybridized carbons (Fsp3) is 0.182. The van der Waals surface area contributed by atoms with Crippen molar-refractivity contribution in [3.63, 3.8) is 0 Å². The first-order chi connectivity index (χ1) is 7.72. The number of nitrogens with one attached hydrogen (secondary N) is 1. The summed E-state index contributed by atoms with van der Waals surface area (Å²) in [6, 6.07) is 4.09. The van der Waals surface area contributed by atoms with Crippen molar-refractivity contribution in [3.8, 4) is 6.07 Å². The largest absolute Gasteiger partial charge is 0.337 e. The van der Waals surface area contributed by atoms with Crippen LogP contribution in [0.3, 0.4) is 0 Å². The van der Waals surface area contributed by atoms with E-state index in [1.807, 2.05) is 30.7 Å². The molecule has 5 heteroatoms. The standard InChI is InChI=1S/C11H10N4S/c1-7-8(2)14-15-11(10(7)5-12)13-9-3-4-16-6-9/h3-4,6H,1-2H3,(H,13,15). The highest BCUT2D eigenvalue weighted by Crippen LogP contribution is 2.22. The van der Waals surface area contributed by atoms with Crippen LogP contribution in [0.25, 0.3) is 0 Å². The average Bonchev–Trinajstić information content (AvgIpc) is 2.77. The molecule has 0 aromatic carbocycles. The third-order valence-corrected chi connectivity index (χ3v) is 3.03. The second-order valence-electron chi connectivity index (χ2n) is 3.38. The molecular weight excluding hydrogens is 220 g/mol. The molecular formula is C11H10N4S. The number of hydrogen-bond acceptors (Lipinski definition) is 5. The molecule has 0 bridgehead atoms. The molecule has 0 amide bonds. The van der Waals surface area contributed by atoms with Crippen LogP contribution in [-0.4, -0.2) is 10.2 Å². The van der Waals surface area contributed by atoms with Gasteiger partial charge in [-0.3, -0.25) is 0 Å². The SMILES string of the molecule is Cc1nnc(Nc2ccsc2)c(C#N)c1C. The molecule has 0 aliphatic carbocycles. The Balaban J connectivity index is 2.42. The van der Waals surface area contributed by atoms with Crippen LogP contribution in [0.2, 0.25) is 0 Å². The van der Waals surface area contributed by atoms with Gasteiger partial charge in [-0.25, -0.2) is 0 Å². The highest BCUT2D eigenvalue weighted by Gasteiger charge is 2.10. The number of hydrogen-bond donors (Lipinski definition) is 1. The molecule has 16 heavy (non-hydrogen) atoms. The summed E-state index contributed by atoms with van der Waals surface area (Å²) in [6.07, 6.45) is 0. The molecule has 0 radical (unpaired) electrons. The Kier molecular flexibility index (Phi) is 2.84. The summed E-state index contributed by atoms with van der Waals surface area (Å²) in [6.45, 7) is 3.72. The van der Waals surface area contributed by atoms with Crippen LogP contribution in [0.5, 0.6) is 0 Å². The summed E-state index contributed by atoms with van der Waals surface area (Å²) in [5.41, 5.74) is 3.14. The molecule has 1 N–H and O–H groups in total. The highest BCUT2D eigenvalue weighted by atomic mass is 32.1. The number of thiophene rings is 1. The maximum Gasteiger partial charge on any atom is 0.171 e. The van der Waals surface area contributed by atoms with Crippen molar-refractivity contribution < 1.29 is 0 Å². The van der Waals surface area contributed by atoms with Crippen molar-refractivity contribution in [2.24, 2.45) is 0 Å². The number of aryl methyl sites for hydroxylation is 1. The second-order valence-corrected chi connectivity index (χ2v) is 4.16. The van der Waals surface area contributed by atoms with Crippen molar-refractivity contribution >= 4 is 22.8 Å². The number of rotatable bonds is 2. The van der Waals surface area contributed by atoms with Gasteiger partial charge in [0.05, 0.1) is 11.4 Å². The minimum Gasteiger partial charge on any atom is -0.337 e. The average molecular weight is 230 g/mol. The lowest BCUT2D eigenvalue weighted by atomic mass is 10.1. The van der Waals surface area contributed by atoms with Crippen molar-refractivity contribution in [2.45, 2.75) is 13.8 Å². The quantitative estimate of drug-likeness (QED) is 0.861. The Morgan fingerprint density at radius 3 is 2.81 bits per heavy atom. The van der Waals surface area contributed by atoms with E-state index in [0.29, 0.717) is 11.4 Å². The molecule has 4 nitrogen and oxygen atoms in total. The van der Waals surface area contributed by atoms with Gasteiger partial charge in [-0.1, -0.05) is 0 Å². The molecule has 2 aromatic rings. The van der Waals surface area contributed by atoms with Gasteiger partial charge in [-0.2, -0.15) is 21.7 Å². The van der Waals surface area contributed by atoms with Crippen LogP contribution in [0, 0.1) is 25.2 Å². The Hall–Kier alpha value is -1.93. The van der Waals surface area contributed by atoms with E-state index in [4.69, 9.17) is 5.26 Å². The summed E-state index contributed by atoms with van der Waals surface area (Å²) in [5, 5.41) is 24.1. The predicted molar refractivity (Wildman–Crippen MR) is 63.8 cm³/mol. The van der Waals surface area contributed by atoms with Crippen molar-refractivity contribution in [1.29, 1.82) is 5.26 Å². The van der Waals surface area contributed by atoms with Gasteiger partial charge in [0.1, 0.15) is 11.6 Å². The first kappa shape index (κ1) is 10.6. The zero-order valence-electron chi connectivity index (χ0n) is 8.98. The molecule has 80 valence electrons. The smallest absolute Gasteiger partial charge is 0.171 e. The molecule has 0 saturated heterocycles. The van der Waals surface area contributed by atoms with Gasteiger partial charge < -0.3 is 5.32 Å². The van der Waals surface area contributed by atoms with E-state index in [0.717, 1.165) is 16.9 Å². The molecule has 0 aliphatic rings. The lowest BCUT2D eigenvalue weighted by Crippen LogP contribution is -2.02. The van der Waals surface area contributed by atoms with Gasteiger partial charge in [0.15, 0.2) is 5.82 Å². The van der Waals surface area contributed by atoms with Crippen molar-refractivity contribution in [1.82, 2.24) is 10.2 Å². The van der Waals surface area contributed by atoms with Gasteiger partial charge in [-0.05, 0) is 30.9 Å². The maximum atomic E-state index is 9.10. The topological polar surface area (TPSA) is 61.6 Å². The number of nitriles is 1. The summed E-state index contributed by atoms with van der Waals surface area (Å²) in [5.74, 6) is 0.518. The van der Waals surface area contributed by atoms with E-state index in [9.17, 15) is 0 Å². The molecule has 2 heterocycles. The number of nitrogens with zero attached hydrogens (tertiary/aromatic N) is 3. The van der Waals surface area contributed by atoms with Crippen molar-refractivity contribution in [2.75, 3.05) is 5.32 Å². The summed E-state index contributed by atoms with van der Waals surface area (Å²) < 4.78 is 0. The zero-order chi connectivity index (χ0) is 11.5. The van der Waals surface area contributed by atoms with Crippen LogP contribution in [0.1, 0.15) is 16.8 Å². The van der Waals surface area contributed by atoms with Gasteiger partial charge in [-0.15, -0.1) is 5.10 Å². The Morgan fingerprint density at radius 2 is 2.19 bits per heavy atom. The van der Waals surface area contributed by atoms with Crippen LogP contribution in [0.15, 0.2) is 16.8 Å². The molecule has 0 atom stereocenters. The predicted octanol–water partition coefficient (Wildman–Crippen LogP) is 2.77. The first-order valence-electron chi connectivity index (χ1n) is 4.75. The van der Waals surface area contributed by atoms with E-state index < -0.39 is 0 Å². The van der Waals surface area contributed by atoms with Crippen LogP contribution < -0.4 is 5.32 Å². The molecule has 2 aromatic heterocycles. The molecule has 0 spiro atoms. The highest BCUT2D eigenvalue weighted by molar-refractivity contribution is 7.08. The molecule has 0 unspecified atom stereocenters. The Morgan fingerprint density at radius 1 is 1.38 bits per heavy atom. The molecule has 2 rings (SSSR count). The lowest BCUT2D eigenvalue weighted by Gasteiger charge is -2.07. The van der Waals surface area contributed by atoms with E-state index in [-0.39, 0.29) is 0 Å². The van der Waals surface area contributed by atoms with Crippen molar-refractivity contribution in [3.05, 3.63) is 33.6 Å².